The van der Waals surface area contributed by atoms with Crippen molar-refractivity contribution in [2.24, 2.45) is 0 Å². The van der Waals surface area contributed by atoms with Crippen LogP contribution in [0.25, 0.3) is 0 Å². The second-order valence-corrected chi connectivity index (χ2v) is 7.43. The molecule has 2 fully saturated rings. The number of benzene rings is 1. The number of hydrogen-bond donors (Lipinski definition) is 2. The normalized spacial score (nSPS) is 31.6. The number of rotatable bonds is 2. The zero-order valence-electron chi connectivity index (χ0n) is 14.6. The van der Waals surface area contributed by atoms with Crippen molar-refractivity contribution < 1.29 is 14.3 Å². The van der Waals surface area contributed by atoms with Gasteiger partial charge in [-0.15, -0.1) is 0 Å². The van der Waals surface area contributed by atoms with E-state index in [9.17, 15) is 9.59 Å². The highest BCUT2D eigenvalue weighted by Gasteiger charge is 2.49. The number of nitrogens with one attached hydrogen (secondary N) is 2. The van der Waals surface area contributed by atoms with Crippen molar-refractivity contribution in [3.63, 3.8) is 0 Å². The maximum absolute atomic E-state index is 12.7. The lowest BCUT2D eigenvalue weighted by atomic mass is 9.68. The minimum Gasteiger partial charge on any atom is -0.453 e. The summed E-state index contributed by atoms with van der Waals surface area (Å²) in [5, 5.41) is 5.96. The molecule has 1 aromatic carbocycles. The van der Waals surface area contributed by atoms with E-state index in [4.69, 9.17) is 0 Å². The van der Waals surface area contributed by atoms with E-state index >= 15 is 0 Å². The lowest BCUT2D eigenvalue weighted by Crippen LogP contribution is -2.45. The van der Waals surface area contributed by atoms with E-state index in [0.29, 0.717) is 6.04 Å². The number of likely N-dealkylation sites (tertiary alicyclic amines) is 1. The zero-order valence-corrected chi connectivity index (χ0v) is 14.6. The van der Waals surface area contributed by atoms with E-state index in [1.807, 2.05) is 18.2 Å². The summed E-state index contributed by atoms with van der Waals surface area (Å²) < 4.78 is 4.69. The maximum Gasteiger partial charge on any atom is 0.407 e. The number of amides is 2. The van der Waals surface area contributed by atoms with Gasteiger partial charge < -0.3 is 15.4 Å². The first-order valence-electron chi connectivity index (χ1n) is 9.12. The van der Waals surface area contributed by atoms with Crippen LogP contribution in [-0.2, 0) is 14.9 Å². The minimum atomic E-state index is -0.353. The van der Waals surface area contributed by atoms with Crippen LogP contribution in [0.5, 0.6) is 0 Å². The molecule has 1 saturated carbocycles. The van der Waals surface area contributed by atoms with Gasteiger partial charge in [-0.1, -0.05) is 18.2 Å². The number of methoxy groups -OCH3 is 1. The van der Waals surface area contributed by atoms with E-state index in [1.165, 1.54) is 12.7 Å². The van der Waals surface area contributed by atoms with Crippen molar-refractivity contribution in [3.8, 4) is 0 Å². The summed E-state index contributed by atoms with van der Waals surface area (Å²) in [6.45, 7) is 1.87. The molecule has 6 nitrogen and oxygen atoms in total. The highest BCUT2D eigenvalue weighted by molar-refractivity contribution is 6.06. The number of carbonyl (C=O) groups excluding carboxylic acids is 2. The summed E-state index contributed by atoms with van der Waals surface area (Å²) in [7, 11) is 1.40. The van der Waals surface area contributed by atoms with Gasteiger partial charge in [-0.25, -0.2) is 4.79 Å². The number of ether oxygens (including phenoxy) is 1. The molecule has 0 aromatic heterocycles. The fourth-order valence-corrected chi connectivity index (χ4v) is 4.79. The third-order valence-corrected chi connectivity index (χ3v) is 6.18. The molecule has 1 aromatic rings. The number of anilines is 1. The van der Waals surface area contributed by atoms with Crippen LogP contribution in [0.15, 0.2) is 24.3 Å². The molecule has 6 heteroatoms. The van der Waals surface area contributed by atoms with Crippen molar-refractivity contribution in [2.45, 2.75) is 49.6 Å². The monoisotopic (exact) mass is 343 g/mol. The third kappa shape index (κ3) is 2.78. The SMILES string of the molecule is COC(=O)N[C@@H]1CCN(C2CCC3(CC2)C(=O)Nc2ccccc23)C1. The largest absolute Gasteiger partial charge is 0.453 e. The van der Waals surface area contributed by atoms with Crippen molar-refractivity contribution in [1.82, 2.24) is 10.2 Å². The Bertz CT molecular complexity index is 682. The van der Waals surface area contributed by atoms with E-state index in [1.54, 1.807) is 0 Å². The molecule has 0 radical (unpaired) electrons. The molecule has 2 N–H and O–H groups in total. The number of nitrogens with zero attached hydrogens (tertiary/aromatic N) is 1. The molecular weight excluding hydrogens is 318 g/mol. The lowest BCUT2D eigenvalue weighted by Gasteiger charge is -2.39. The van der Waals surface area contributed by atoms with Gasteiger partial charge in [0, 0.05) is 30.9 Å². The quantitative estimate of drug-likeness (QED) is 0.864. The minimum absolute atomic E-state index is 0.166. The van der Waals surface area contributed by atoms with Crippen LogP contribution in [0, 0.1) is 0 Å². The fourth-order valence-electron chi connectivity index (χ4n) is 4.79. The van der Waals surface area contributed by atoms with Gasteiger partial charge in [0.15, 0.2) is 0 Å². The second-order valence-electron chi connectivity index (χ2n) is 7.43. The molecule has 0 bridgehead atoms. The Labute approximate surface area is 147 Å². The molecule has 25 heavy (non-hydrogen) atoms. The molecule has 2 heterocycles. The molecule has 1 saturated heterocycles. The van der Waals surface area contributed by atoms with Gasteiger partial charge in [0.25, 0.3) is 0 Å². The summed E-state index contributed by atoms with van der Waals surface area (Å²) in [5.41, 5.74) is 1.82. The van der Waals surface area contributed by atoms with Crippen molar-refractivity contribution in [3.05, 3.63) is 29.8 Å². The van der Waals surface area contributed by atoms with E-state index in [-0.39, 0.29) is 23.5 Å². The highest BCUT2D eigenvalue weighted by Crippen LogP contribution is 2.48. The first-order valence-corrected chi connectivity index (χ1v) is 9.12. The van der Waals surface area contributed by atoms with Crippen molar-refractivity contribution in [2.75, 3.05) is 25.5 Å². The van der Waals surface area contributed by atoms with Crippen LogP contribution in [0.2, 0.25) is 0 Å². The first kappa shape index (κ1) is 16.4. The zero-order chi connectivity index (χ0) is 17.4. The summed E-state index contributed by atoms with van der Waals surface area (Å²) in [4.78, 5) is 26.5. The summed E-state index contributed by atoms with van der Waals surface area (Å²) >= 11 is 0. The molecule has 3 aliphatic rings. The van der Waals surface area contributed by atoms with E-state index < -0.39 is 0 Å². The molecule has 2 amide bonds. The Balaban J connectivity index is 1.40. The van der Waals surface area contributed by atoms with Gasteiger partial charge in [-0.2, -0.15) is 0 Å². The van der Waals surface area contributed by atoms with Crippen LogP contribution in [0.4, 0.5) is 10.5 Å². The topological polar surface area (TPSA) is 70.7 Å². The third-order valence-electron chi connectivity index (χ3n) is 6.18. The standard InChI is InChI=1S/C19H25N3O3/c1-25-18(24)20-13-8-11-22(12-13)14-6-9-19(10-7-14)15-4-2-3-5-16(15)21-17(19)23/h2-5,13-14H,6-12H2,1H3,(H,20,24)(H,21,23)/t13-,14?,19?/m1/s1. The Morgan fingerprint density at radius 1 is 1.28 bits per heavy atom. The lowest BCUT2D eigenvalue weighted by molar-refractivity contribution is -0.122. The van der Waals surface area contributed by atoms with Crippen LogP contribution in [0.3, 0.4) is 0 Å². The Morgan fingerprint density at radius 2 is 2.04 bits per heavy atom. The van der Waals surface area contributed by atoms with Gasteiger partial charge in [0.2, 0.25) is 5.91 Å². The molecule has 2 aliphatic heterocycles. The molecule has 4 rings (SSSR count). The molecule has 1 aliphatic carbocycles. The fraction of sp³-hybridized carbons (Fsp3) is 0.579. The van der Waals surface area contributed by atoms with Gasteiger partial charge in [-0.3, -0.25) is 9.69 Å². The first-order chi connectivity index (χ1) is 12.1. The number of hydrogen-bond acceptors (Lipinski definition) is 4. The van der Waals surface area contributed by atoms with Crippen LogP contribution >= 0.6 is 0 Å². The average Bonchev–Trinajstić information content (AvgIpc) is 3.20. The number of fused-ring (bicyclic) bond motifs is 2. The smallest absolute Gasteiger partial charge is 0.407 e. The summed E-state index contributed by atoms with van der Waals surface area (Å²) in [6.07, 6.45) is 4.44. The maximum atomic E-state index is 12.7. The van der Waals surface area contributed by atoms with E-state index in [0.717, 1.165) is 50.9 Å². The number of alkyl carbamates (subject to hydrolysis) is 1. The molecular formula is C19H25N3O3. The van der Waals surface area contributed by atoms with Gasteiger partial charge in [0.05, 0.1) is 12.5 Å². The van der Waals surface area contributed by atoms with Gasteiger partial charge in [-0.05, 0) is 43.7 Å². The van der Waals surface area contributed by atoms with Crippen LogP contribution in [0.1, 0.15) is 37.7 Å². The van der Waals surface area contributed by atoms with Gasteiger partial charge in [0.1, 0.15) is 0 Å². The van der Waals surface area contributed by atoms with Crippen molar-refractivity contribution >= 4 is 17.7 Å². The summed E-state index contributed by atoms with van der Waals surface area (Å²) in [5.74, 6) is 0.166. The number of para-hydroxylation sites is 1. The second kappa shape index (κ2) is 6.33. The van der Waals surface area contributed by atoms with E-state index in [2.05, 4.69) is 26.3 Å². The van der Waals surface area contributed by atoms with Crippen molar-refractivity contribution in [1.29, 1.82) is 0 Å². The average molecular weight is 343 g/mol. The molecule has 0 unspecified atom stereocenters. The predicted octanol–water partition coefficient (Wildman–Crippen LogP) is 2.25. The van der Waals surface area contributed by atoms with Gasteiger partial charge >= 0.3 is 6.09 Å². The summed E-state index contributed by atoms with van der Waals surface area (Å²) in [6, 6.07) is 8.76. The molecule has 1 atom stereocenters. The number of carbonyl (C=O) groups is 2. The Kier molecular flexibility index (Phi) is 4.15. The predicted molar refractivity (Wildman–Crippen MR) is 94.5 cm³/mol. The Morgan fingerprint density at radius 3 is 2.80 bits per heavy atom. The van der Waals surface area contributed by atoms with Crippen LogP contribution in [-0.4, -0.2) is 49.2 Å². The molecule has 1 spiro atoms. The highest BCUT2D eigenvalue weighted by atomic mass is 16.5. The Hall–Kier alpha value is -2.08. The molecule has 134 valence electrons. The van der Waals surface area contributed by atoms with Crippen LogP contribution < -0.4 is 10.6 Å².